The Morgan fingerprint density at radius 1 is 0.478 bits per heavy atom. The topological polar surface area (TPSA) is 79.2 Å². The Balaban J connectivity index is 3.70. The number of aliphatic hydroxyl groups excluding tert-OH is 3. The van der Waals surface area contributed by atoms with Crippen LogP contribution < -0.4 is 0 Å². The Kier molecular flexibility index (Phi) is 19.7. The maximum absolute atomic E-state index is 8.82. The monoisotopic (exact) mass is 334 g/mol. The second kappa shape index (κ2) is 19.8. The summed E-state index contributed by atoms with van der Waals surface area (Å²) in [6.07, 6.45) is 11.6. The number of hydrogen-bond donors (Lipinski definition) is 3. The lowest BCUT2D eigenvalue weighted by Gasteiger charge is -2.19. The zero-order valence-electron chi connectivity index (χ0n) is 14.8. The summed E-state index contributed by atoms with van der Waals surface area (Å²) in [5.41, 5.74) is 0. The van der Waals surface area contributed by atoms with Gasteiger partial charge in [0.1, 0.15) is 0 Å². The lowest BCUT2D eigenvalue weighted by molar-refractivity contribution is -0.148. The van der Waals surface area contributed by atoms with E-state index in [1.165, 1.54) is 0 Å². The third kappa shape index (κ3) is 18.0. The molecule has 0 aromatic heterocycles. The molecule has 0 heterocycles. The van der Waals surface area contributed by atoms with Gasteiger partial charge in [-0.25, -0.2) is 0 Å². The van der Waals surface area contributed by atoms with Crippen LogP contribution >= 0.6 is 0 Å². The second-order valence-electron chi connectivity index (χ2n) is 6.02. The van der Waals surface area contributed by atoms with E-state index >= 15 is 0 Å². The van der Waals surface area contributed by atoms with Crippen molar-refractivity contribution in [1.82, 2.24) is 0 Å². The summed E-state index contributed by atoms with van der Waals surface area (Å²) in [5, 5.41) is 26.3. The predicted molar refractivity (Wildman–Crippen MR) is 92.4 cm³/mol. The van der Waals surface area contributed by atoms with E-state index in [0.717, 1.165) is 77.0 Å². The number of aliphatic hydroxyl groups is 3. The van der Waals surface area contributed by atoms with Crippen LogP contribution in [0, 0.1) is 0 Å². The SMILES string of the molecule is OCCCCCCOC(CCCCCO)OCCCCCCO. The molecule has 5 nitrogen and oxygen atoms in total. The van der Waals surface area contributed by atoms with Crippen molar-refractivity contribution in [2.24, 2.45) is 0 Å². The van der Waals surface area contributed by atoms with Crippen LogP contribution in [0.15, 0.2) is 0 Å². The molecule has 0 aromatic rings. The van der Waals surface area contributed by atoms with Crippen LogP contribution in [-0.2, 0) is 9.47 Å². The van der Waals surface area contributed by atoms with Gasteiger partial charge in [-0.3, -0.25) is 0 Å². The van der Waals surface area contributed by atoms with E-state index in [4.69, 9.17) is 24.8 Å². The zero-order valence-corrected chi connectivity index (χ0v) is 14.8. The first-order chi connectivity index (χ1) is 11.3. The first-order valence-electron chi connectivity index (χ1n) is 9.41. The molecule has 0 saturated carbocycles. The van der Waals surface area contributed by atoms with Crippen LogP contribution in [0.25, 0.3) is 0 Å². The molecule has 0 rings (SSSR count). The zero-order chi connectivity index (χ0) is 17.0. The maximum Gasteiger partial charge on any atom is 0.157 e. The Labute approximate surface area is 142 Å². The number of hydrogen-bond acceptors (Lipinski definition) is 5. The van der Waals surface area contributed by atoms with Gasteiger partial charge in [0.25, 0.3) is 0 Å². The fourth-order valence-corrected chi connectivity index (χ4v) is 2.38. The lowest BCUT2D eigenvalue weighted by atomic mass is 10.2. The highest BCUT2D eigenvalue weighted by atomic mass is 16.7. The van der Waals surface area contributed by atoms with Crippen LogP contribution in [0.3, 0.4) is 0 Å². The third-order valence-electron chi connectivity index (χ3n) is 3.81. The second-order valence-corrected chi connectivity index (χ2v) is 6.02. The smallest absolute Gasteiger partial charge is 0.157 e. The average Bonchev–Trinajstić information content (AvgIpc) is 2.57. The standard InChI is InChI=1S/C18H38O5/c19-13-7-1-3-10-16-22-18(12-6-5-9-15-21)23-17-11-4-2-8-14-20/h18-21H,1-17H2. The molecular weight excluding hydrogens is 296 g/mol. The quantitative estimate of drug-likeness (QED) is 0.250. The molecule has 0 atom stereocenters. The first kappa shape index (κ1) is 22.8. The van der Waals surface area contributed by atoms with E-state index in [0.29, 0.717) is 13.2 Å². The van der Waals surface area contributed by atoms with E-state index in [9.17, 15) is 0 Å². The molecular formula is C18H38O5. The van der Waals surface area contributed by atoms with Gasteiger partial charge in [-0.05, 0) is 44.9 Å². The molecule has 0 aliphatic rings. The summed E-state index contributed by atoms with van der Waals surface area (Å²) in [5.74, 6) is 0. The van der Waals surface area contributed by atoms with Crippen molar-refractivity contribution in [2.75, 3.05) is 33.0 Å². The van der Waals surface area contributed by atoms with E-state index in [1.54, 1.807) is 0 Å². The summed E-state index contributed by atoms with van der Waals surface area (Å²) >= 11 is 0. The molecule has 0 bridgehead atoms. The Hall–Kier alpha value is -0.200. The van der Waals surface area contributed by atoms with Gasteiger partial charge in [-0.15, -0.1) is 0 Å². The van der Waals surface area contributed by atoms with E-state index in [1.807, 2.05) is 0 Å². The molecule has 0 aliphatic heterocycles. The van der Waals surface area contributed by atoms with Crippen LogP contribution in [0.4, 0.5) is 0 Å². The largest absolute Gasteiger partial charge is 0.396 e. The normalized spacial score (nSPS) is 11.5. The summed E-state index contributed by atoms with van der Waals surface area (Å²) < 4.78 is 11.7. The molecule has 5 heteroatoms. The molecule has 0 saturated heterocycles. The molecule has 0 unspecified atom stereocenters. The van der Waals surface area contributed by atoms with Crippen molar-refractivity contribution >= 4 is 0 Å². The molecule has 0 fully saturated rings. The molecule has 0 radical (unpaired) electrons. The predicted octanol–water partition coefficient (Wildman–Crippen LogP) is 3.00. The number of rotatable bonds is 19. The van der Waals surface area contributed by atoms with Crippen molar-refractivity contribution in [3.05, 3.63) is 0 Å². The fourth-order valence-electron chi connectivity index (χ4n) is 2.38. The fraction of sp³-hybridized carbons (Fsp3) is 1.00. The number of ether oxygens (including phenoxy) is 2. The van der Waals surface area contributed by atoms with Crippen LogP contribution in [0.5, 0.6) is 0 Å². The van der Waals surface area contributed by atoms with E-state index < -0.39 is 0 Å². The summed E-state index contributed by atoms with van der Waals surface area (Å²) in [7, 11) is 0. The van der Waals surface area contributed by atoms with Crippen molar-refractivity contribution in [3.8, 4) is 0 Å². The highest BCUT2D eigenvalue weighted by molar-refractivity contribution is 4.51. The van der Waals surface area contributed by atoms with Gasteiger partial charge in [0.05, 0.1) is 0 Å². The lowest BCUT2D eigenvalue weighted by Crippen LogP contribution is -2.19. The Bertz CT molecular complexity index is 198. The van der Waals surface area contributed by atoms with Crippen molar-refractivity contribution in [3.63, 3.8) is 0 Å². The van der Waals surface area contributed by atoms with Crippen molar-refractivity contribution < 1.29 is 24.8 Å². The van der Waals surface area contributed by atoms with E-state index in [2.05, 4.69) is 0 Å². The van der Waals surface area contributed by atoms with Crippen LogP contribution in [0.1, 0.15) is 77.0 Å². The van der Waals surface area contributed by atoms with Crippen molar-refractivity contribution in [2.45, 2.75) is 83.3 Å². The minimum atomic E-state index is -0.135. The molecule has 23 heavy (non-hydrogen) atoms. The van der Waals surface area contributed by atoms with Gasteiger partial charge in [0.15, 0.2) is 6.29 Å². The van der Waals surface area contributed by atoms with Gasteiger partial charge in [-0.2, -0.15) is 0 Å². The van der Waals surface area contributed by atoms with Gasteiger partial charge >= 0.3 is 0 Å². The molecule has 0 aliphatic carbocycles. The Morgan fingerprint density at radius 2 is 0.870 bits per heavy atom. The Morgan fingerprint density at radius 3 is 1.30 bits per heavy atom. The number of unbranched alkanes of at least 4 members (excludes halogenated alkanes) is 8. The van der Waals surface area contributed by atoms with E-state index in [-0.39, 0.29) is 26.1 Å². The van der Waals surface area contributed by atoms with Crippen LogP contribution in [0.2, 0.25) is 0 Å². The minimum Gasteiger partial charge on any atom is -0.396 e. The average molecular weight is 334 g/mol. The molecule has 0 amide bonds. The minimum absolute atomic E-state index is 0.135. The molecule has 0 aromatic carbocycles. The summed E-state index contributed by atoms with van der Waals surface area (Å²) in [6, 6.07) is 0. The summed E-state index contributed by atoms with van der Waals surface area (Å²) in [6.45, 7) is 2.21. The third-order valence-corrected chi connectivity index (χ3v) is 3.81. The van der Waals surface area contributed by atoms with Crippen LogP contribution in [-0.4, -0.2) is 54.6 Å². The highest BCUT2D eigenvalue weighted by Gasteiger charge is 2.09. The van der Waals surface area contributed by atoms with Gasteiger partial charge < -0.3 is 24.8 Å². The first-order valence-corrected chi connectivity index (χ1v) is 9.41. The van der Waals surface area contributed by atoms with Crippen molar-refractivity contribution in [1.29, 1.82) is 0 Å². The highest BCUT2D eigenvalue weighted by Crippen LogP contribution is 2.11. The van der Waals surface area contributed by atoms with Gasteiger partial charge in [-0.1, -0.05) is 32.1 Å². The summed E-state index contributed by atoms with van der Waals surface area (Å²) in [4.78, 5) is 0. The molecule has 0 spiro atoms. The van der Waals surface area contributed by atoms with Gasteiger partial charge in [0.2, 0.25) is 0 Å². The molecule has 140 valence electrons. The molecule has 3 N–H and O–H groups in total. The van der Waals surface area contributed by atoms with Gasteiger partial charge in [0, 0.05) is 33.0 Å². The maximum atomic E-state index is 8.82.